The third-order valence-electron chi connectivity index (χ3n) is 4.43. The van der Waals surface area contributed by atoms with Crippen LogP contribution in [-0.4, -0.2) is 9.13 Å². The van der Waals surface area contributed by atoms with E-state index in [2.05, 4.69) is 34.1 Å². The number of alkyl halides is 1. The molecule has 102 valence electrons. The summed E-state index contributed by atoms with van der Waals surface area (Å²) in [5, 5.41) is 0. The highest BCUT2D eigenvalue weighted by atomic mass is 79.9. The van der Waals surface area contributed by atoms with Crippen molar-refractivity contribution < 1.29 is 0 Å². The number of imidazole rings is 1. The van der Waals surface area contributed by atoms with Gasteiger partial charge < -0.3 is 0 Å². The molecule has 0 spiro atoms. The Labute approximate surface area is 121 Å². The van der Waals surface area contributed by atoms with Crippen LogP contribution >= 0.6 is 15.9 Å². The normalized spacial score (nSPS) is 18.3. The minimum absolute atomic E-state index is 0.0409. The lowest BCUT2D eigenvalue weighted by atomic mass is 9.97. The van der Waals surface area contributed by atoms with Crippen molar-refractivity contribution in [2.24, 2.45) is 20.0 Å². The van der Waals surface area contributed by atoms with Gasteiger partial charge in [0.15, 0.2) is 0 Å². The number of aromatic nitrogens is 2. The van der Waals surface area contributed by atoms with Gasteiger partial charge in [0, 0.05) is 18.9 Å². The van der Waals surface area contributed by atoms with Crippen LogP contribution in [0.25, 0.3) is 11.0 Å². The van der Waals surface area contributed by atoms with Crippen LogP contribution in [0.1, 0.15) is 36.1 Å². The van der Waals surface area contributed by atoms with Crippen LogP contribution in [0.5, 0.6) is 0 Å². The summed E-state index contributed by atoms with van der Waals surface area (Å²) < 4.78 is 3.44. The van der Waals surface area contributed by atoms with Gasteiger partial charge in [0.1, 0.15) is 0 Å². The second-order valence-electron chi connectivity index (χ2n) is 5.60. The molecule has 1 atom stereocenters. The summed E-state index contributed by atoms with van der Waals surface area (Å²) in [6.45, 7) is 0. The minimum atomic E-state index is 0.0409. The summed E-state index contributed by atoms with van der Waals surface area (Å²) in [6.07, 6.45) is 5.31. The Hall–Kier alpha value is -1.03. The predicted octanol–water partition coefficient (Wildman–Crippen LogP) is 3.50. The summed E-state index contributed by atoms with van der Waals surface area (Å²) >= 11 is 3.85. The van der Waals surface area contributed by atoms with E-state index in [1.807, 2.05) is 14.1 Å². The number of hydrogen-bond donors (Lipinski definition) is 0. The number of aryl methyl sites for hydroxylation is 2. The lowest BCUT2D eigenvalue weighted by molar-refractivity contribution is 0.542. The predicted molar refractivity (Wildman–Crippen MR) is 81.8 cm³/mol. The van der Waals surface area contributed by atoms with Crippen LogP contribution in [-0.2, 0) is 14.1 Å². The van der Waals surface area contributed by atoms with E-state index >= 15 is 0 Å². The van der Waals surface area contributed by atoms with E-state index in [1.54, 1.807) is 9.13 Å². The first-order valence-corrected chi connectivity index (χ1v) is 7.80. The van der Waals surface area contributed by atoms with Crippen molar-refractivity contribution in [3.05, 3.63) is 34.2 Å². The van der Waals surface area contributed by atoms with Gasteiger partial charge in [-0.1, -0.05) is 34.8 Å². The van der Waals surface area contributed by atoms with Gasteiger partial charge in [0.25, 0.3) is 0 Å². The molecule has 1 aliphatic rings. The topological polar surface area (TPSA) is 26.9 Å². The zero-order valence-corrected chi connectivity index (χ0v) is 13.0. The molecule has 0 amide bonds. The summed E-state index contributed by atoms with van der Waals surface area (Å²) in [5.74, 6) is 0.734. The van der Waals surface area contributed by atoms with Gasteiger partial charge >= 0.3 is 5.69 Å². The van der Waals surface area contributed by atoms with Gasteiger partial charge in [-0.25, -0.2) is 4.79 Å². The summed E-state index contributed by atoms with van der Waals surface area (Å²) in [5.41, 5.74) is 3.36. The standard InChI is InChI=1S/C15H19BrN2O/c1-17-12-8-7-11(9-13(12)18(2)15(17)19)14(16)10-5-3-4-6-10/h7-10,14H,3-6H2,1-2H3. The Balaban J connectivity index is 2.06. The second kappa shape index (κ2) is 4.82. The molecule has 0 radical (unpaired) electrons. The van der Waals surface area contributed by atoms with Crippen LogP contribution in [0.15, 0.2) is 23.0 Å². The molecular weight excluding hydrogens is 304 g/mol. The monoisotopic (exact) mass is 322 g/mol. The quantitative estimate of drug-likeness (QED) is 0.777. The first kappa shape index (κ1) is 13.0. The highest BCUT2D eigenvalue weighted by Crippen LogP contribution is 2.41. The average Bonchev–Trinajstić information content (AvgIpc) is 3.03. The minimum Gasteiger partial charge on any atom is -0.295 e. The Bertz CT molecular complexity index is 665. The molecule has 1 saturated carbocycles. The molecule has 4 heteroatoms. The lowest BCUT2D eigenvalue weighted by Crippen LogP contribution is -2.19. The first-order chi connectivity index (χ1) is 9.09. The smallest absolute Gasteiger partial charge is 0.295 e. The van der Waals surface area contributed by atoms with Gasteiger partial charge in [-0.3, -0.25) is 9.13 Å². The lowest BCUT2D eigenvalue weighted by Gasteiger charge is -2.17. The maximum Gasteiger partial charge on any atom is 0.328 e. The highest BCUT2D eigenvalue weighted by molar-refractivity contribution is 9.09. The molecule has 1 fully saturated rings. The second-order valence-corrected chi connectivity index (χ2v) is 6.58. The molecule has 19 heavy (non-hydrogen) atoms. The van der Waals surface area contributed by atoms with Crippen molar-refractivity contribution >= 4 is 27.0 Å². The Morgan fingerprint density at radius 2 is 1.79 bits per heavy atom. The number of rotatable bonds is 2. The molecule has 2 aromatic rings. The number of fused-ring (bicyclic) bond motifs is 1. The molecule has 1 aromatic heterocycles. The molecule has 0 N–H and O–H groups in total. The number of hydrogen-bond acceptors (Lipinski definition) is 1. The molecule has 1 heterocycles. The van der Waals surface area contributed by atoms with E-state index < -0.39 is 0 Å². The summed E-state index contributed by atoms with van der Waals surface area (Å²) in [7, 11) is 3.67. The van der Waals surface area contributed by atoms with Gasteiger partial charge in [-0.2, -0.15) is 0 Å². The van der Waals surface area contributed by atoms with Crippen molar-refractivity contribution in [2.75, 3.05) is 0 Å². The van der Waals surface area contributed by atoms with Crippen LogP contribution in [0, 0.1) is 5.92 Å². The Morgan fingerprint density at radius 3 is 2.47 bits per heavy atom. The fraction of sp³-hybridized carbons (Fsp3) is 0.533. The van der Waals surface area contributed by atoms with Crippen LogP contribution in [0.2, 0.25) is 0 Å². The van der Waals surface area contributed by atoms with E-state index in [9.17, 15) is 4.79 Å². The molecule has 0 bridgehead atoms. The van der Waals surface area contributed by atoms with Crippen molar-refractivity contribution in [3.8, 4) is 0 Å². The Morgan fingerprint density at radius 1 is 1.16 bits per heavy atom. The van der Waals surface area contributed by atoms with E-state index in [0.29, 0.717) is 4.83 Å². The average molecular weight is 323 g/mol. The number of benzene rings is 1. The number of halogens is 1. The van der Waals surface area contributed by atoms with E-state index in [0.717, 1.165) is 17.0 Å². The molecule has 0 saturated heterocycles. The van der Waals surface area contributed by atoms with Crippen LogP contribution in [0.3, 0.4) is 0 Å². The summed E-state index contributed by atoms with van der Waals surface area (Å²) in [4.78, 5) is 12.4. The van der Waals surface area contributed by atoms with Gasteiger partial charge in [-0.05, 0) is 36.5 Å². The third-order valence-corrected chi connectivity index (χ3v) is 5.70. The summed E-state index contributed by atoms with van der Waals surface area (Å²) in [6, 6.07) is 6.38. The van der Waals surface area contributed by atoms with Crippen molar-refractivity contribution in [1.82, 2.24) is 9.13 Å². The third kappa shape index (κ3) is 2.06. The van der Waals surface area contributed by atoms with Gasteiger partial charge in [0.2, 0.25) is 0 Å². The molecule has 0 aliphatic heterocycles. The largest absolute Gasteiger partial charge is 0.328 e. The molecular formula is C15H19BrN2O. The molecule has 1 aromatic carbocycles. The molecule has 1 aliphatic carbocycles. The van der Waals surface area contributed by atoms with Crippen LogP contribution < -0.4 is 5.69 Å². The van der Waals surface area contributed by atoms with Crippen molar-refractivity contribution in [2.45, 2.75) is 30.5 Å². The SMILES string of the molecule is Cn1c(=O)n(C)c2cc(C(Br)C3CCCC3)ccc21. The fourth-order valence-electron chi connectivity index (χ4n) is 3.22. The Kier molecular flexibility index (Phi) is 3.29. The van der Waals surface area contributed by atoms with E-state index in [4.69, 9.17) is 0 Å². The zero-order chi connectivity index (χ0) is 13.6. The zero-order valence-electron chi connectivity index (χ0n) is 11.4. The van der Waals surface area contributed by atoms with Crippen molar-refractivity contribution in [3.63, 3.8) is 0 Å². The maximum atomic E-state index is 11.9. The fourth-order valence-corrected chi connectivity index (χ4v) is 4.03. The molecule has 3 nitrogen and oxygen atoms in total. The molecule has 1 unspecified atom stereocenters. The van der Waals surface area contributed by atoms with E-state index in [-0.39, 0.29) is 5.69 Å². The van der Waals surface area contributed by atoms with Gasteiger partial charge in [0.05, 0.1) is 11.0 Å². The maximum absolute atomic E-state index is 11.9. The van der Waals surface area contributed by atoms with Gasteiger partial charge in [-0.15, -0.1) is 0 Å². The number of nitrogens with zero attached hydrogens (tertiary/aromatic N) is 2. The van der Waals surface area contributed by atoms with E-state index in [1.165, 1.54) is 31.2 Å². The molecule has 3 rings (SSSR count). The van der Waals surface area contributed by atoms with Crippen molar-refractivity contribution in [1.29, 1.82) is 0 Å². The van der Waals surface area contributed by atoms with Crippen LogP contribution in [0.4, 0.5) is 0 Å². The first-order valence-electron chi connectivity index (χ1n) is 6.89. The highest BCUT2D eigenvalue weighted by Gasteiger charge is 2.24.